The van der Waals surface area contributed by atoms with E-state index in [2.05, 4.69) is 20.9 Å². The van der Waals surface area contributed by atoms with Gasteiger partial charge in [0.1, 0.15) is 0 Å². The number of aromatic nitrogens is 1. The van der Waals surface area contributed by atoms with Gasteiger partial charge in [-0.25, -0.2) is 0 Å². The van der Waals surface area contributed by atoms with E-state index in [0.717, 1.165) is 6.07 Å². The summed E-state index contributed by atoms with van der Waals surface area (Å²) in [6, 6.07) is 2.40. The molecule has 66 valence electrons. The van der Waals surface area contributed by atoms with Crippen molar-refractivity contribution in [3.8, 4) is 0 Å². The van der Waals surface area contributed by atoms with Gasteiger partial charge in [0.25, 0.3) is 5.78 Å². The van der Waals surface area contributed by atoms with Crippen LogP contribution in [0.15, 0.2) is 16.7 Å². The third-order valence-corrected chi connectivity index (χ3v) is 1.62. The Bertz CT molecular complexity index is 304. The number of Topliss-reactive ketones (excluding diaryl/α,β-unsaturated/α-hetero) is 1. The number of hydrogen-bond donors (Lipinski definition) is 1. The van der Waals surface area contributed by atoms with Crippen LogP contribution in [0.1, 0.15) is 10.5 Å². The maximum Gasteiger partial charge on any atom is 0.456 e. The molecule has 0 aliphatic heterocycles. The van der Waals surface area contributed by atoms with Crippen LogP contribution < -0.4 is 0 Å². The molecule has 1 N–H and O–H groups in total. The molecule has 2 nitrogen and oxygen atoms in total. The standard InChI is InChI=1S/C6H3BrF3NO/c7-4-2-1-3(11-4)5(12)6(8,9)10/h1-2,11H. The van der Waals surface area contributed by atoms with Gasteiger partial charge in [0.05, 0.1) is 10.3 Å². The molecule has 6 heteroatoms. The van der Waals surface area contributed by atoms with Crippen molar-refractivity contribution in [3.63, 3.8) is 0 Å². The number of carbonyl (C=O) groups is 1. The first-order valence-corrected chi connectivity index (χ1v) is 3.66. The summed E-state index contributed by atoms with van der Waals surface area (Å²) in [5.74, 6) is -1.87. The molecular weight excluding hydrogens is 239 g/mol. The number of nitrogens with one attached hydrogen (secondary N) is 1. The lowest BCUT2D eigenvalue weighted by molar-refractivity contribution is -0.0888. The fourth-order valence-electron chi connectivity index (χ4n) is 0.654. The van der Waals surface area contributed by atoms with Gasteiger partial charge < -0.3 is 4.98 Å². The predicted molar refractivity (Wildman–Crippen MR) is 38.9 cm³/mol. The van der Waals surface area contributed by atoms with Crippen molar-refractivity contribution in [2.24, 2.45) is 0 Å². The minimum atomic E-state index is -4.82. The second-order valence-corrected chi connectivity index (χ2v) is 2.90. The monoisotopic (exact) mass is 241 g/mol. The van der Waals surface area contributed by atoms with E-state index in [1.165, 1.54) is 6.07 Å². The summed E-state index contributed by atoms with van der Waals surface area (Å²) in [6.07, 6.45) is -4.82. The molecule has 0 aromatic carbocycles. The summed E-state index contributed by atoms with van der Waals surface area (Å²) in [7, 11) is 0. The molecule has 0 spiro atoms. The van der Waals surface area contributed by atoms with Crippen LogP contribution in [0.5, 0.6) is 0 Å². The summed E-state index contributed by atoms with van der Waals surface area (Å²) in [6.45, 7) is 0. The highest BCUT2D eigenvalue weighted by Gasteiger charge is 2.39. The van der Waals surface area contributed by atoms with Crippen LogP contribution in [0.3, 0.4) is 0 Å². The Kier molecular flexibility index (Phi) is 2.27. The number of alkyl halides is 3. The molecular formula is C6H3BrF3NO. The number of ketones is 1. The zero-order valence-corrected chi connectivity index (χ0v) is 7.16. The molecule has 12 heavy (non-hydrogen) atoms. The number of aromatic amines is 1. The fourth-order valence-corrected chi connectivity index (χ4v) is 0.999. The van der Waals surface area contributed by atoms with E-state index in [4.69, 9.17) is 0 Å². The number of rotatable bonds is 1. The zero-order chi connectivity index (χ0) is 9.35. The summed E-state index contributed by atoms with van der Waals surface area (Å²) >= 11 is 2.89. The lowest BCUT2D eigenvalue weighted by Gasteiger charge is -2.01. The summed E-state index contributed by atoms with van der Waals surface area (Å²) < 4.78 is 35.6. The van der Waals surface area contributed by atoms with Crippen LogP contribution in [-0.4, -0.2) is 16.9 Å². The average Bonchev–Trinajstić information content (AvgIpc) is 2.32. The SMILES string of the molecule is O=C(c1ccc(Br)[nH]1)C(F)(F)F. The Hall–Kier alpha value is -0.780. The first kappa shape index (κ1) is 9.31. The number of hydrogen-bond acceptors (Lipinski definition) is 1. The van der Waals surface area contributed by atoms with E-state index in [-0.39, 0.29) is 0 Å². The van der Waals surface area contributed by atoms with E-state index in [1.807, 2.05) is 0 Å². The minimum absolute atomic E-state index is 0.343. The Morgan fingerprint density at radius 2 is 2.00 bits per heavy atom. The average molecular weight is 242 g/mol. The molecule has 0 unspecified atom stereocenters. The molecule has 0 saturated carbocycles. The van der Waals surface area contributed by atoms with Gasteiger partial charge in [-0.1, -0.05) is 0 Å². The molecule has 1 rings (SSSR count). The predicted octanol–water partition coefficient (Wildman–Crippen LogP) is 2.52. The van der Waals surface area contributed by atoms with E-state index < -0.39 is 17.7 Å². The van der Waals surface area contributed by atoms with Gasteiger partial charge in [-0.05, 0) is 28.1 Å². The van der Waals surface area contributed by atoms with E-state index >= 15 is 0 Å². The Morgan fingerprint density at radius 3 is 2.33 bits per heavy atom. The summed E-state index contributed by atoms with van der Waals surface area (Å²) in [5, 5.41) is 0. The quantitative estimate of drug-likeness (QED) is 0.754. The first-order valence-electron chi connectivity index (χ1n) is 2.87. The minimum Gasteiger partial charge on any atom is -0.347 e. The maximum atomic E-state index is 11.8. The highest BCUT2D eigenvalue weighted by molar-refractivity contribution is 9.10. The smallest absolute Gasteiger partial charge is 0.347 e. The summed E-state index contributed by atoms with van der Waals surface area (Å²) in [4.78, 5) is 12.7. The highest BCUT2D eigenvalue weighted by atomic mass is 79.9. The number of carbonyl (C=O) groups excluding carboxylic acids is 1. The van der Waals surface area contributed by atoms with Gasteiger partial charge in [-0.2, -0.15) is 13.2 Å². The Labute approximate surface area is 73.9 Å². The molecule has 1 heterocycles. The lowest BCUT2D eigenvalue weighted by Crippen LogP contribution is -2.22. The van der Waals surface area contributed by atoms with Crippen LogP contribution in [0.25, 0.3) is 0 Å². The Balaban J connectivity index is 2.93. The van der Waals surface area contributed by atoms with Crippen molar-refractivity contribution in [2.45, 2.75) is 6.18 Å². The van der Waals surface area contributed by atoms with Crippen LogP contribution in [0.2, 0.25) is 0 Å². The fraction of sp³-hybridized carbons (Fsp3) is 0.167. The topological polar surface area (TPSA) is 32.9 Å². The molecule has 0 amide bonds. The van der Waals surface area contributed by atoms with Crippen molar-refractivity contribution in [1.82, 2.24) is 4.98 Å². The van der Waals surface area contributed by atoms with E-state index in [0.29, 0.717) is 4.60 Å². The molecule has 1 aromatic heterocycles. The largest absolute Gasteiger partial charge is 0.456 e. The van der Waals surface area contributed by atoms with E-state index in [9.17, 15) is 18.0 Å². The van der Waals surface area contributed by atoms with Gasteiger partial charge in [0.15, 0.2) is 0 Å². The maximum absolute atomic E-state index is 11.8. The van der Waals surface area contributed by atoms with Crippen molar-refractivity contribution in [1.29, 1.82) is 0 Å². The normalized spacial score (nSPS) is 11.7. The van der Waals surface area contributed by atoms with E-state index in [1.54, 1.807) is 0 Å². The molecule has 0 fully saturated rings. The number of H-pyrrole nitrogens is 1. The van der Waals surface area contributed by atoms with Crippen LogP contribution >= 0.6 is 15.9 Å². The molecule has 0 aliphatic rings. The zero-order valence-electron chi connectivity index (χ0n) is 5.57. The first-order chi connectivity index (χ1) is 5.41. The van der Waals surface area contributed by atoms with Crippen LogP contribution in [0, 0.1) is 0 Å². The van der Waals surface area contributed by atoms with Gasteiger partial charge >= 0.3 is 6.18 Å². The molecule has 0 bridgehead atoms. The van der Waals surface area contributed by atoms with Crippen molar-refractivity contribution in [3.05, 3.63) is 22.4 Å². The second-order valence-electron chi connectivity index (χ2n) is 2.05. The van der Waals surface area contributed by atoms with Gasteiger partial charge in [-0.3, -0.25) is 4.79 Å². The van der Waals surface area contributed by atoms with Crippen molar-refractivity contribution in [2.75, 3.05) is 0 Å². The van der Waals surface area contributed by atoms with Gasteiger partial charge in [0, 0.05) is 0 Å². The molecule has 1 aromatic rings. The highest BCUT2D eigenvalue weighted by Crippen LogP contribution is 2.21. The third kappa shape index (κ3) is 1.88. The van der Waals surface area contributed by atoms with Crippen molar-refractivity contribution < 1.29 is 18.0 Å². The van der Waals surface area contributed by atoms with Crippen LogP contribution in [0.4, 0.5) is 13.2 Å². The lowest BCUT2D eigenvalue weighted by atomic mass is 10.3. The van der Waals surface area contributed by atoms with Crippen molar-refractivity contribution >= 4 is 21.7 Å². The molecule has 0 aliphatic carbocycles. The molecule has 0 radical (unpaired) electrons. The van der Waals surface area contributed by atoms with Gasteiger partial charge in [-0.15, -0.1) is 0 Å². The second kappa shape index (κ2) is 2.93. The molecule has 0 atom stereocenters. The van der Waals surface area contributed by atoms with Gasteiger partial charge in [0.2, 0.25) is 0 Å². The third-order valence-electron chi connectivity index (χ3n) is 1.15. The molecule has 0 saturated heterocycles. The summed E-state index contributed by atoms with van der Waals surface area (Å²) in [5.41, 5.74) is -0.464. The number of halogens is 4. The Morgan fingerprint density at radius 1 is 1.42 bits per heavy atom. The van der Waals surface area contributed by atoms with Crippen LogP contribution in [-0.2, 0) is 0 Å².